The monoisotopic (exact) mass is 1380 g/mol. The lowest BCUT2D eigenvalue weighted by Gasteiger charge is -2.39. The predicted octanol–water partition coefficient (Wildman–Crippen LogP) is 24.4. The van der Waals surface area contributed by atoms with Gasteiger partial charge in [0.15, 0.2) is 0 Å². The van der Waals surface area contributed by atoms with E-state index in [1.165, 1.54) is 5.56 Å². The molecular weight excluding hydrogens is 1290 g/mol. The van der Waals surface area contributed by atoms with Crippen LogP contribution in [0, 0.1) is 35.5 Å². The van der Waals surface area contributed by atoms with Gasteiger partial charge >= 0.3 is 23.9 Å². The first-order valence-electron chi connectivity index (χ1n) is 37.3. The molecule has 1 aliphatic heterocycles. The van der Waals surface area contributed by atoms with Crippen molar-refractivity contribution in [2.75, 3.05) is 26.4 Å². The second-order valence-electron chi connectivity index (χ2n) is 33.0. The molecule has 14 rings (SSSR count). The first-order chi connectivity index (χ1) is 49.6. The van der Waals surface area contributed by atoms with Crippen LogP contribution in [0.1, 0.15) is 211 Å². The van der Waals surface area contributed by atoms with Gasteiger partial charge in [-0.05, 0) is 212 Å². The Balaban J connectivity index is 0.860. The van der Waals surface area contributed by atoms with Crippen LogP contribution in [0.15, 0.2) is 158 Å². The minimum absolute atomic E-state index is 0.216. The van der Waals surface area contributed by atoms with Crippen molar-refractivity contribution < 1.29 is 42.9 Å². The molecule has 0 atom stereocenters. The molecule has 0 radical (unpaired) electrons. The summed E-state index contributed by atoms with van der Waals surface area (Å²) >= 11 is 0. The summed E-state index contributed by atoms with van der Waals surface area (Å²) in [4.78, 5) is 56.6. The zero-order chi connectivity index (χ0) is 73.6. The SMILES string of the molecule is CC(C)CCOC(=O)c1ccc2c3cccc4c(-c5ccc(C#Cc6cc(C(C)(C)C)cc7c6Oc6c(-c8ccc9c%10ccc(C(=O)OCCC(C)C)c%11c(C(=O)OCCC(C)C)ccc(c%12cccc8c%129)c%11%10)cc(C(C)(C)C)cc6C7(C)C)cc5)ccc(c5ccc(C(=O)OCCC(C)C)c1c25)c43. The Labute approximate surface area is 611 Å². The second-order valence-corrected chi connectivity index (χ2v) is 33.0. The molecule has 13 aromatic carbocycles. The van der Waals surface area contributed by atoms with E-state index in [2.05, 4.69) is 232 Å². The summed E-state index contributed by atoms with van der Waals surface area (Å²) in [5.41, 5.74) is 10.7. The number of carbonyl (C=O) groups excluding carboxylic acids is 4. The molecule has 1 heterocycles. The van der Waals surface area contributed by atoms with Gasteiger partial charge in [0.1, 0.15) is 11.5 Å². The fraction of sp³-hybridized carbons (Fsp3) is 0.326. The molecule has 0 aliphatic carbocycles. The molecule has 13 aromatic rings. The zero-order valence-corrected chi connectivity index (χ0v) is 63.2. The van der Waals surface area contributed by atoms with Gasteiger partial charge in [0, 0.05) is 38.4 Å². The third-order valence-corrected chi connectivity index (χ3v) is 21.4. The van der Waals surface area contributed by atoms with Crippen molar-refractivity contribution in [3.8, 4) is 45.6 Å². The van der Waals surface area contributed by atoms with Crippen LogP contribution in [-0.2, 0) is 35.2 Å². The molecule has 0 bridgehead atoms. The molecule has 0 N–H and O–H groups in total. The van der Waals surface area contributed by atoms with Crippen molar-refractivity contribution in [2.24, 2.45) is 23.7 Å². The Bertz CT molecular complexity index is 5520. The van der Waals surface area contributed by atoms with E-state index in [1.54, 1.807) is 0 Å². The Morgan fingerprint density at radius 1 is 0.365 bits per heavy atom. The zero-order valence-electron chi connectivity index (χ0n) is 63.2. The van der Waals surface area contributed by atoms with E-state index in [0.29, 0.717) is 56.7 Å². The lowest BCUT2D eigenvalue weighted by Crippen LogP contribution is -2.27. The number of hydrogen-bond donors (Lipinski definition) is 0. The molecule has 0 unspecified atom stereocenters. The molecule has 0 aromatic heterocycles. The number of benzene rings is 13. The van der Waals surface area contributed by atoms with E-state index in [4.69, 9.17) is 23.7 Å². The van der Waals surface area contributed by atoms with Crippen LogP contribution in [-0.4, -0.2) is 50.3 Å². The van der Waals surface area contributed by atoms with Gasteiger partial charge in [-0.1, -0.05) is 232 Å². The molecular formula is C95H94O9. The van der Waals surface area contributed by atoms with Crippen LogP contribution in [0.25, 0.3) is 108 Å². The molecule has 0 fully saturated rings. The van der Waals surface area contributed by atoms with E-state index < -0.39 is 29.3 Å². The smallest absolute Gasteiger partial charge is 0.338 e. The average Bonchev–Trinajstić information content (AvgIpc) is 0.710. The number of carbonyl (C=O) groups is 4. The molecule has 528 valence electrons. The lowest BCUT2D eigenvalue weighted by atomic mass is 9.70. The third-order valence-electron chi connectivity index (χ3n) is 21.4. The quantitative estimate of drug-likeness (QED) is 0.0272. The highest BCUT2D eigenvalue weighted by molar-refractivity contribution is 6.38. The highest BCUT2D eigenvalue weighted by Gasteiger charge is 2.40. The fourth-order valence-electron chi connectivity index (χ4n) is 15.3. The normalized spacial score (nSPS) is 13.1. The maximum Gasteiger partial charge on any atom is 0.338 e. The summed E-state index contributed by atoms with van der Waals surface area (Å²) in [7, 11) is 0. The molecule has 9 nitrogen and oxygen atoms in total. The molecule has 0 saturated heterocycles. The number of ether oxygens (including phenoxy) is 5. The summed E-state index contributed by atoms with van der Waals surface area (Å²) in [5.74, 6) is 8.40. The van der Waals surface area contributed by atoms with E-state index in [9.17, 15) is 19.2 Å². The Morgan fingerprint density at radius 2 is 0.712 bits per heavy atom. The van der Waals surface area contributed by atoms with Crippen molar-refractivity contribution in [3.05, 3.63) is 213 Å². The van der Waals surface area contributed by atoms with Crippen molar-refractivity contribution in [3.63, 3.8) is 0 Å². The summed E-state index contributed by atoms with van der Waals surface area (Å²) in [6.07, 6.45) is 2.90. The van der Waals surface area contributed by atoms with E-state index in [-0.39, 0.29) is 37.3 Å². The summed E-state index contributed by atoms with van der Waals surface area (Å²) in [6.45, 7) is 36.1. The lowest BCUT2D eigenvalue weighted by molar-refractivity contribution is 0.0473. The van der Waals surface area contributed by atoms with Gasteiger partial charge in [-0.25, -0.2) is 19.2 Å². The summed E-state index contributed by atoms with van der Waals surface area (Å²) in [5, 5.41) is 14.8. The standard InChI is InChI=1S/C95H94O9/c1-53(2)41-45-100-89(96)74-37-33-70-66-21-17-19-64-62(29-31-68(81(64)66)72-35-39-76(85(74)83(70)72)91(98)102-47-43-55(5)6)58-26-23-57(24-27-58)25-28-59-49-60(93(9,10)11)51-79-87(59)104-88-78(50-61(94(12,13)14)52-80(88)95(79,15)16)63-30-32-69-73-36-40-77(92(99)103-48-44-56(7)8)86-75(90(97)101-46-42-54(3)4)38-34-71(84(73)86)67-22-18-20-65(63)82(67)69/h17-24,26-27,29-40,49-56H,41-48H2,1-16H3. The van der Waals surface area contributed by atoms with Crippen molar-refractivity contribution >= 4 is 110 Å². The number of fused-ring (bicyclic) bond motifs is 6. The number of hydrogen-bond acceptors (Lipinski definition) is 9. The van der Waals surface area contributed by atoms with Gasteiger partial charge in [-0.3, -0.25) is 0 Å². The van der Waals surface area contributed by atoms with E-state index >= 15 is 0 Å². The van der Waals surface area contributed by atoms with E-state index in [1.807, 2.05) is 48.5 Å². The number of rotatable bonds is 18. The minimum atomic E-state index is -0.540. The average molecular weight is 1380 g/mol. The fourth-order valence-corrected chi connectivity index (χ4v) is 15.3. The third kappa shape index (κ3) is 12.8. The topological polar surface area (TPSA) is 114 Å². The molecule has 0 amide bonds. The maximum atomic E-state index is 14.2. The van der Waals surface area contributed by atoms with Crippen LogP contribution < -0.4 is 4.74 Å². The first-order valence-corrected chi connectivity index (χ1v) is 37.3. The van der Waals surface area contributed by atoms with Gasteiger partial charge in [-0.15, -0.1) is 0 Å². The van der Waals surface area contributed by atoms with Crippen LogP contribution >= 0.6 is 0 Å². The minimum Gasteiger partial charge on any atom is -0.462 e. The Kier molecular flexibility index (Phi) is 18.6. The first kappa shape index (κ1) is 70.7. The molecule has 104 heavy (non-hydrogen) atoms. The van der Waals surface area contributed by atoms with Crippen LogP contribution in [0.3, 0.4) is 0 Å². The predicted molar refractivity (Wildman–Crippen MR) is 427 cm³/mol. The van der Waals surface area contributed by atoms with Gasteiger partial charge in [0.05, 0.1) is 54.2 Å². The van der Waals surface area contributed by atoms with Gasteiger partial charge in [-0.2, -0.15) is 0 Å². The Hall–Kier alpha value is -10.3. The second kappa shape index (κ2) is 27.4. The van der Waals surface area contributed by atoms with E-state index in [0.717, 1.165) is 163 Å². The van der Waals surface area contributed by atoms with Gasteiger partial charge < -0.3 is 23.7 Å². The van der Waals surface area contributed by atoms with Crippen LogP contribution in [0.4, 0.5) is 0 Å². The molecule has 9 heteroatoms. The van der Waals surface area contributed by atoms with Gasteiger partial charge in [0.2, 0.25) is 0 Å². The Morgan fingerprint density at radius 3 is 1.12 bits per heavy atom. The van der Waals surface area contributed by atoms with Crippen LogP contribution in [0.5, 0.6) is 11.5 Å². The summed E-state index contributed by atoms with van der Waals surface area (Å²) in [6, 6.07) is 54.7. The van der Waals surface area contributed by atoms with Crippen molar-refractivity contribution in [1.29, 1.82) is 0 Å². The van der Waals surface area contributed by atoms with Crippen LogP contribution in [0.2, 0.25) is 0 Å². The largest absolute Gasteiger partial charge is 0.462 e. The van der Waals surface area contributed by atoms with Crippen molar-refractivity contribution in [2.45, 2.75) is 153 Å². The van der Waals surface area contributed by atoms with Gasteiger partial charge in [0.25, 0.3) is 0 Å². The molecule has 1 aliphatic rings. The number of esters is 4. The summed E-state index contributed by atoms with van der Waals surface area (Å²) < 4.78 is 31.3. The highest BCUT2D eigenvalue weighted by atomic mass is 16.5. The maximum absolute atomic E-state index is 14.2. The molecule has 0 saturated carbocycles. The highest BCUT2D eigenvalue weighted by Crippen LogP contribution is 2.56. The molecule has 0 spiro atoms. The van der Waals surface area contributed by atoms with Crippen molar-refractivity contribution in [1.82, 2.24) is 0 Å².